The van der Waals surface area contributed by atoms with Crippen molar-refractivity contribution in [1.29, 1.82) is 0 Å². The van der Waals surface area contributed by atoms with E-state index < -0.39 is 0 Å². The summed E-state index contributed by atoms with van der Waals surface area (Å²) in [6.45, 7) is 17.7. The molecular weight excluding hydrogens is 1330 g/mol. The lowest BCUT2D eigenvalue weighted by atomic mass is 10.0. The molecule has 6 N–H and O–H groups in total. The lowest BCUT2D eigenvalue weighted by Gasteiger charge is -2.18. The number of aromatic hydroxyl groups is 2. The minimum absolute atomic E-state index is 0.0338. The number of hydrogen-bond acceptors (Lipinski definition) is 17. The normalized spacial score (nSPS) is 11.3. The van der Waals surface area contributed by atoms with Crippen LogP contribution in [0.5, 0.6) is 28.7 Å². The molecular formula is C71H75Cl5N12O8. The van der Waals surface area contributed by atoms with E-state index in [-0.39, 0.29) is 28.2 Å². The van der Waals surface area contributed by atoms with Gasteiger partial charge in [-0.15, -0.1) is 0 Å². The Morgan fingerprint density at radius 3 is 1.42 bits per heavy atom. The Morgan fingerprint density at radius 2 is 0.979 bits per heavy atom. The first-order chi connectivity index (χ1) is 46.3. The first-order valence-electron chi connectivity index (χ1n) is 31.1. The maximum Gasteiger partial charge on any atom is 0.259 e. The van der Waals surface area contributed by atoms with E-state index in [0.717, 1.165) is 59.9 Å². The van der Waals surface area contributed by atoms with Gasteiger partial charge in [-0.1, -0.05) is 97.0 Å². The Kier molecular flexibility index (Phi) is 26.3. The number of nitrogens with one attached hydrogen (secondary N) is 2. The topological polar surface area (TPSA) is 252 Å². The second-order valence-electron chi connectivity index (χ2n) is 21.5. The molecule has 0 aliphatic rings. The summed E-state index contributed by atoms with van der Waals surface area (Å²) in [6.07, 6.45) is 10.4. The number of ether oxygens (including phenoxy) is 3. The average Bonchev–Trinajstić information content (AvgIpc) is 0.787. The third kappa shape index (κ3) is 17.7. The fourth-order valence-electron chi connectivity index (χ4n) is 10.7. The van der Waals surface area contributed by atoms with Crippen molar-refractivity contribution in [3.8, 4) is 62.1 Å². The van der Waals surface area contributed by atoms with Gasteiger partial charge in [-0.2, -0.15) is 0 Å². The number of benzene rings is 3. The fourth-order valence-corrected chi connectivity index (χ4v) is 11.8. The van der Waals surface area contributed by atoms with Crippen LogP contribution in [0.2, 0.25) is 25.4 Å². The van der Waals surface area contributed by atoms with Gasteiger partial charge in [-0.05, 0) is 145 Å². The van der Waals surface area contributed by atoms with E-state index in [2.05, 4.69) is 61.2 Å². The lowest BCUT2D eigenvalue weighted by molar-refractivity contribution is 0.222. The zero-order chi connectivity index (χ0) is 69.2. The summed E-state index contributed by atoms with van der Waals surface area (Å²) >= 11 is 30.7. The standard InChI is InChI=1S/C27H30ClN5O3.C17H14Cl2N2O2.C16H12Cl2N2O2.C11H19N3O/c1-4-32(5-2)12-13-36-19-10-11-24(30-17-19)31-25-15-22-18(16-29-25)14-20(27(35)33(22)6-3)26-21(28)8-7-9-23(26)34;1-3-21-13-8-15(19)20-9-10(13)7-11(17(21)22)16-12(18)5-4-6-14(16)23-2;1-2-20-12-7-14(18)19-8-9(12)6-10(16(20)22)15-11(17)4-3-5-13(15)21;1-3-9(13-2)6-7-15-10-4-5-11(12)14-8-10/h7-11,14-17,34H,4-6,12-13H2,1-3H3,(H,29,30,31);4-9H,3H2,1-2H3;3-8,21H,2H2,1H3;4-5,8-9,13H,3,6-7H2,1-2H3,(H2,12,14). The maximum atomic E-state index is 13.3. The zero-order valence-corrected chi connectivity index (χ0v) is 58.1. The maximum absolute atomic E-state index is 13.3. The van der Waals surface area contributed by atoms with Gasteiger partial charge >= 0.3 is 0 Å². The number of nitrogen functional groups attached to an aromatic ring is 1. The van der Waals surface area contributed by atoms with E-state index in [9.17, 15) is 24.6 Å². The van der Waals surface area contributed by atoms with E-state index in [1.807, 2.05) is 52.1 Å². The number of likely N-dealkylation sites (N-methyl/N-ethyl adjacent to an activating group) is 1. The van der Waals surface area contributed by atoms with E-state index in [1.54, 1.807) is 131 Å². The molecule has 96 heavy (non-hydrogen) atoms. The SMILES string of the molecule is CCC(CCOc1ccc(N)nc1)NC.CCN(CC)CCOc1ccc(Nc2cc3c(cn2)cc(-c2c(O)cccc2Cl)c(=O)n3CC)nc1.CCn1c(=O)c(-c2c(Cl)cccc2OC)cc2cnc(Cl)cc21.CCn1c(=O)c(-c2c(O)cccc2Cl)cc2cnc(Cl)cc21. The summed E-state index contributed by atoms with van der Waals surface area (Å²) in [5.41, 5.74) is 9.37. The summed E-state index contributed by atoms with van der Waals surface area (Å²) in [5.74, 6) is 3.64. The van der Waals surface area contributed by atoms with E-state index >= 15 is 0 Å². The quantitative estimate of drug-likeness (QED) is 0.0419. The zero-order valence-electron chi connectivity index (χ0n) is 54.3. The van der Waals surface area contributed by atoms with Crippen LogP contribution >= 0.6 is 58.0 Å². The van der Waals surface area contributed by atoms with Crippen molar-refractivity contribution < 1.29 is 24.4 Å². The number of pyridine rings is 8. The van der Waals surface area contributed by atoms with Crippen molar-refractivity contribution >= 4 is 108 Å². The second kappa shape index (κ2) is 34.6. The van der Waals surface area contributed by atoms with Crippen molar-refractivity contribution in [3.05, 3.63) is 203 Å². The molecule has 0 bridgehead atoms. The van der Waals surface area contributed by atoms with Gasteiger partial charge in [-0.25, -0.2) is 24.9 Å². The molecule has 502 valence electrons. The molecule has 0 aliphatic carbocycles. The number of anilines is 3. The van der Waals surface area contributed by atoms with Gasteiger partial charge in [0.2, 0.25) is 0 Å². The predicted octanol–water partition coefficient (Wildman–Crippen LogP) is 15.2. The lowest BCUT2D eigenvalue weighted by Crippen LogP contribution is -2.27. The van der Waals surface area contributed by atoms with Crippen LogP contribution in [0.1, 0.15) is 54.4 Å². The Morgan fingerprint density at radius 1 is 0.531 bits per heavy atom. The van der Waals surface area contributed by atoms with E-state index in [0.29, 0.717) is 138 Å². The van der Waals surface area contributed by atoms with Crippen LogP contribution in [-0.4, -0.2) is 107 Å². The summed E-state index contributed by atoms with van der Waals surface area (Å²) in [4.78, 5) is 62.3. The molecule has 11 rings (SSSR count). The average molecular weight is 1400 g/mol. The predicted molar refractivity (Wildman–Crippen MR) is 389 cm³/mol. The molecule has 0 saturated heterocycles. The molecule has 25 heteroatoms. The molecule has 0 amide bonds. The van der Waals surface area contributed by atoms with Crippen molar-refractivity contribution in [3.63, 3.8) is 0 Å². The van der Waals surface area contributed by atoms with Gasteiger partial charge in [0.25, 0.3) is 16.7 Å². The van der Waals surface area contributed by atoms with Crippen LogP contribution in [0.25, 0.3) is 66.1 Å². The molecule has 3 aromatic carbocycles. The number of halogens is 5. The minimum Gasteiger partial charge on any atom is -0.507 e. The molecule has 20 nitrogen and oxygen atoms in total. The smallest absolute Gasteiger partial charge is 0.259 e. The Labute approximate surface area is 580 Å². The molecule has 1 atom stereocenters. The molecule has 0 saturated carbocycles. The molecule has 11 aromatic rings. The Hall–Kier alpha value is -8.99. The first-order valence-corrected chi connectivity index (χ1v) is 33.0. The summed E-state index contributed by atoms with van der Waals surface area (Å²) < 4.78 is 21.6. The van der Waals surface area contributed by atoms with Crippen LogP contribution in [-0.2, 0) is 19.6 Å². The van der Waals surface area contributed by atoms with Gasteiger partial charge in [0.05, 0.1) is 74.4 Å². The molecule has 0 fully saturated rings. The molecule has 0 aliphatic heterocycles. The number of nitrogens with zero attached hydrogens (tertiary/aromatic N) is 9. The number of fused-ring (bicyclic) bond motifs is 3. The highest BCUT2D eigenvalue weighted by Gasteiger charge is 2.21. The highest BCUT2D eigenvalue weighted by atomic mass is 35.5. The highest BCUT2D eigenvalue weighted by molar-refractivity contribution is 6.35. The van der Waals surface area contributed by atoms with Crippen LogP contribution in [0, 0.1) is 0 Å². The summed E-state index contributed by atoms with van der Waals surface area (Å²) in [6, 6.07) is 33.0. The second-order valence-corrected chi connectivity index (χ2v) is 23.5. The van der Waals surface area contributed by atoms with Gasteiger partial charge in [0, 0.05) is 89.7 Å². The fraction of sp³-hybridized carbons (Fsp3) is 0.268. The van der Waals surface area contributed by atoms with Gasteiger partial charge in [0.1, 0.15) is 63.1 Å². The molecule has 8 heterocycles. The van der Waals surface area contributed by atoms with Gasteiger partial charge in [0.15, 0.2) is 0 Å². The number of phenolic OH excluding ortho intramolecular Hbond substituents is 2. The number of aromatic nitrogens is 8. The third-order valence-electron chi connectivity index (χ3n) is 15.8. The summed E-state index contributed by atoms with van der Waals surface area (Å²) in [5, 5.41) is 30.9. The van der Waals surface area contributed by atoms with Gasteiger partial charge < -0.3 is 59.4 Å². The first kappa shape index (κ1) is 72.8. The number of phenols is 2. The van der Waals surface area contributed by atoms with Crippen molar-refractivity contribution in [2.24, 2.45) is 0 Å². The number of hydrogen-bond donors (Lipinski definition) is 5. The number of methoxy groups -OCH3 is 1. The third-order valence-corrected chi connectivity index (χ3v) is 17.1. The number of aryl methyl sites for hydroxylation is 3. The molecule has 0 radical (unpaired) electrons. The van der Waals surface area contributed by atoms with Crippen LogP contribution in [0.4, 0.5) is 17.5 Å². The Bertz CT molecular complexity index is 4620. The van der Waals surface area contributed by atoms with Crippen molar-refractivity contribution in [2.75, 3.05) is 58.1 Å². The van der Waals surface area contributed by atoms with Crippen LogP contribution < -0.4 is 47.3 Å². The minimum atomic E-state index is -0.241. The largest absolute Gasteiger partial charge is 0.507 e. The van der Waals surface area contributed by atoms with Crippen molar-refractivity contribution in [1.82, 2.24) is 48.8 Å². The summed E-state index contributed by atoms with van der Waals surface area (Å²) in [7, 11) is 3.52. The highest BCUT2D eigenvalue weighted by Crippen LogP contribution is 2.39. The van der Waals surface area contributed by atoms with Crippen molar-refractivity contribution in [2.45, 2.75) is 80.1 Å². The molecule has 0 spiro atoms. The monoisotopic (exact) mass is 1400 g/mol. The van der Waals surface area contributed by atoms with E-state index in [1.165, 1.54) is 12.1 Å². The van der Waals surface area contributed by atoms with E-state index in [4.69, 9.17) is 77.9 Å². The number of nitrogens with two attached hydrogens (primary N) is 1. The molecule has 8 aromatic heterocycles. The van der Waals surface area contributed by atoms with Gasteiger partial charge in [-0.3, -0.25) is 14.4 Å². The Balaban J connectivity index is 0.000000172. The van der Waals surface area contributed by atoms with Crippen LogP contribution in [0.15, 0.2) is 161 Å². The van der Waals surface area contributed by atoms with Crippen LogP contribution in [0.3, 0.4) is 0 Å². The molecule has 1 unspecified atom stereocenters. The number of rotatable bonds is 21.